The van der Waals surface area contributed by atoms with Gasteiger partial charge in [0.1, 0.15) is 6.04 Å². The zero-order valence-corrected chi connectivity index (χ0v) is 13.0. The summed E-state index contributed by atoms with van der Waals surface area (Å²) in [6, 6.07) is 7.75. The number of nitrogens with one attached hydrogen (secondary N) is 2. The van der Waals surface area contributed by atoms with Gasteiger partial charge in [-0.1, -0.05) is 35.3 Å². The highest BCUT2D eigenvalue weighted by molar-refractivity contribution is 6.34. The lowest BCUT2D eigenvalue weighted by Gasteiger charge is -2.43. The lowest BCUT2D eigenvalue weighted by atomic mass is 9.95. The second-order valence-corrected chi connectivity index (χ2v) is 5.80. The number of hydrogen-bond acceptors (Lipinski definition) is 5. The number of halogens is 2. The van der Waals surface area contributed by atoms with Crippen molar-refractivity contribution in [2.45, 2.75) is 18.5 Å². The third kappa shape index (κ3) is 2.72. The normalized spacial score (nSPS) is 21.5. The number of hydrazine groups is 1. The standard InChI is InChI=1S/C14H12Cl2N4O2/c1-7-6-10(21)18-14(17-7)19-20-11(12(22)13(20)16)8-2-4-9(15)5-3-8/h2-6,11,13H,1H3,(H2,17,18,19,21)/t11-,13-/m1/s1. The van der Waals surface area contributed by atoms with Crippen molar-refractivity contribution < 1.29 is 4.79 Å². The maximum absolute atomic E-state index is 12.0. The molecule has 0 spiro atoms. The van der Waals surface area contributed by atoms with Crippen molar-refractivity contribution in [3.63, 3.8) is 0 Å². The summed E-state index contributed by atoms with van der Waals surface area (Å²) in [6.07, 6.45) is 0. The van der Waals surface area contributed by atoms with Gasteiger partial charge in [-0.3, -0.25) is 20.0 Å². The minimum absolute atomic E-state index is 0.133. The minimum atomic E-state index is -0.827. The van der Waals surface area contributed by atoms with Gasteiger partial charge in [-0.15, -0.1) is 0 Å². The van der Waals surface area contributed by atoms with Crippen LogP contribution in [0.1, 0.15) is 17.3 Å². The number of aromatic amines is 1. The molecule has 0 radical (unpaired) electrons. The fourth-order valence-corrected chi connectivity index (χ4v) is 2.71. The highest BCUT2D eigenvalue weighted by Gasteiger charge is 2.48. The van der Waals surface area contributed by atoms with Crippen LogP contribution in [0.25, 0.3) is 0 Å². The monoisotopic (exact) mass is 338 g/mol. The van der Waals surface area contributed by atoms with Gasteiger partial charge in [0, 0.05) is 16.8 Å². The van der Waals surface area contributed by atoms with E-state index in [-0.39, 0.29) is 17.3 Å². The Labute approximate surface area is 136 Å². The van der Waals surface area contributed by atoms with Crippen LogP contribution in [0.2, 0.25) is 5.02 Å². The molecule has 2 aromatic rings. The summed E-state index contributed by atoms with van der Waals surface area (Å²) >= 11 is 11.9. The summed E-state index contributed by atoms with van der Waals surface area (Å²) in [4.78, 5) is 30.2. The minimum Gasteiger partial charge on any atom is -0.294 e. The number of hydrogen-bond donors (Lipinski definition) is 2. The molecule has 1 aromatic carbocycles. The van der Waals surface area contributed by atoms with Crippen LogP contribution in [0.15, 0.2) is 35.1 Å². The van der Waals surface area contributed by atoms with Crippen molar-refractivity contribution in [2.24, 2.45) is 0 Å². The van der Waals surface area contributed by atoms with Crippen LogP contribution >= 0.6 is 23.2 Å². The van der Waals surface area contributed by atoms with Gasteiger partial charge in [0.2, 0.25) is 5.95 Å². The van der Waals surface area contributed by atoms with Crippen LogP contribution in [0.4, 0.5) is 5.95 Å². The Morgan fingerprint density at radius 2 is 1.95 bits per heavy atom. The number of aryl methyl sites for hydroxylation is 1. The van der Waals surface area contributed by atoms with E-state index in [1.54, 1.807) is 31.2 Å². The van der Waals surface area contributed by atoms with Gasteiger partial charge in [-0.05, 0) is 24.6 Å². The number of Topliss-reactive ketones (excluding diaryl/α,β-unsaturated/α-hetero) is 1. The highest BCUT2D eigenvalue weighted by atomic mass is 35.5. The Bertz CT molecular complexity index is 775. The van der Waals surface area contributed by atoms with E-state index in [1.165, 1.54) is 11.1 Å². The zero-order valence-electron chi connectivity index (χ0n) is 11.5. The van der Waals surface area contributed by atoms with Crippen molar-refractivity contribution >= 4 is 34.9 Å². The third-order valence-corrected chi connectivity index (χ3v) is 3.99. The maximum atomic E-state index is 12.0. The molecule has 114 valence electrons. The number of nitrogens with zero attached hydrogens (tertiary/aromatic N) is 2. The van der Waals surface area contributed by atoms with Crippen molar-refractivity contribution in [2.75, 3.05) is 5.43 Å². The molecule has 2 N–H and O–H groups in total. The first-order valence-corrected chi connectivity index (χ1v) is 7.33. The van der Waals surface area contributed by atoms with Crippen LogP contribution < -0.4 is 11.0 Å². The Morgan fingerprint density at radius 3 is 2.59 bits per heavy atom. The van der Waals surface area contributed by atoms with Gasteiger partial charge in [0.15, 0.2) is 11.3 Å². The van der Waals surface area contributed by atoms with Crippen LogP contribution in [-0.2, 0) is 4.79 Å². The number of rotatable bonds is 3. The lowest BCUT2D eigenvalue weighted by Crippen LogP contribution is -2.59. The molecule has 3 rings (SSSR count). The summed E-state index contributed by atoms with van der Waals surface area (Å²) in [7, 11) is 0. The molecule has 1 saturated heterocycles. The average Bonchev–Trinajstić information content (AvgIpc) is 2.47. The van der Waals surface area contributed by atoms with Crippen LogP contribution in [0.3, 0.4) is 0 Å². The molecule has 1 aliphatic heterocycles. The van der Waals surface area contributed by atoms with Gasteiger partial charge in [-0.25, -0.2) is 4.98 Å². The first kappa shape index (κ1) is 15.0. The number of carbonyl (C=O) groups excluding carboxylic acids is 1. The van der Waals surface area contributed by atoms with E-state index in [1.807, 2.05) is 0 Å². The fourth-order valence-electron chi connectivity index (χ4n) is 2.30. The molecule has 2 heterocycles. The van der Waals surface area contributed by atoms with Gasteiger partial charge in [0.25, 0.3) is 5.56 Å². The molecule has 22 heavy (non-hydrogen) atoms. The number of H-pyrrole nitrogens is 1. The third-order valence-electron chi connectivity index (χ3n) is 3.32. The summed E-state index contributed by atoms with van der Waals surface area (Å²) in [5.41, 5.74) is 3.10. The summed E-state index contributed by atoms with van der Waals surface area (Å²) in [5, 5.41) is 2.12. The van der Waals surface area contributed by atoms with E-state index in [4.69, 9.17) is 23.2 Å². The average molecular weight is 339 g/mol. The molecule has 0 saturated carbocycles. The molecule has 1 aliphatic rings. The molecular formula is C14H12Cl2N4O2. The molecule has 8 heteroatoms. The molecule has 2 atom stereocenters. The Kier molecular flexibility index (Phi) is 3.90. The summed E-state index contributed by atoms with van der Waals surface area (Å²) in [6.45, 7) is 1.70. The predicted octanol–water partition coefficient (Wildman–Crippen LogP) is 2.25. The highest BCUT2D eigenvalue weighted by Crippen LogP contribution is 2.37. The predicted molar refractivity (Wildman–Crippen MR) is 83.9 cm³/mol. The second kappa shape index (κ2) is 5.72. The maximum Gasteiger partial charge on any atom is 0.252 e. The summed E-state index contributed by atoms with van der Waals surface area (Å²) < 4.78 is 0. The smallest absolute Gasteiger partial charge is 0.252 e. The molecule has 1 aromatic heterocycles. The van der Waals surface area contributed by atoms with Crippen molar-refractivity contribution in [3.8, 4) is 0 Å². The fraction of sp³-hybridized carbons (Fsp3) is 0.214. The van der Waals surface area contributed by atoms with Crippen molar-refractivity contribution in [3.05, 3.63) is 57.0 Å². The van der Waals surface area contributed by atoms with E-state index >= 15 is 0 Å². The Morgan fingerprint density at radius 1 is 1.27 bits per heavy atom. The lowest BCUT2D eigenvalue weighted by molar-refractivity contribution is -0.137. The number of carbonyl (C=O) groups is 1. The van der Waals surface area contributed by atoms with Crippen LogP contribution in [-0.4, -0.2) is 26.3 Å². The Balaban J connectivity index is 1.86. The molecule has 0 unspecified atom stereocenters. The largest absolute Gasteiger partial charge is 0.294 e. The number of benzene rings is 1. The van der Waals surface area contributed by atoms with Gasteiger partial charge in [-0.2, -0.15) is 5.01 Å². The number of alkyl halides is 1. The molecule has 0 aliphatic carbocycles. The first-order chi connectivity index (χ1) is 10.5. The van der Waals surface area contributed by atoms with E-state index < -0.39 is 11.5 Å². The van der Waals surface area contributed by atoms with E-state index in [0.717, 1.165) is 5.56 Å². The quantitative estimate of drug-likeness (QED) is 0.662. The van der Waals surface area contributed by atoms with Crippen LogP contribution in [0.5, 0.6) is 0 Å². The van der Waals surface area contributed by atoms with Gasteiger partial charge in [0.05, 0.1) is 0 Å². The Hall–Kier alpha value is -1.89. The number of anilines is 1. The van der Waals surface area contributed by atoms with Gasteiger partial charge >= 0.3 is 0 Å². The molecule has 1 fully saturated rings. The zero-order chi connectivity index (χ0) is 15.9. The second-order valence-electron chi connectivity index (χ2n) is 4.95. The summed E-state index contributed by atoms with van der Waals surface area (Å²) in [5.74, 6) is 0.105. The van der Waals surface area contributed by atoms with Crippen molar-refractivity contribution in [1.82, 2.24) is 15.0 Å². The van der Waals surface area contributed by atoms with E-state index in [2.05, 4.69) is 15.4 Å². The number of ketones is 1. The first-order valence-electron chi connectivity index (χ1n) is 6.52. The van der Waals surface area contributed by atoms with Crippen LogP contribution in [0, 0.1) is 6.92 Å². The molecular weight excluding hydrogens is 327 g/mol. The SMILES string of the molecule is Cc1cc(=O)[nH]c(NN2[C@@H](Cl)C(=O)[C@H]2c2ccc(Cl)cc2)n1. The molecule has 6 nitrogen and oxygen atoms in total. The number of aromatic nitrogens is 2. The van der Waals surface area contributed by atoms with E-state index in [0.29, 0.717) is 10.7 Å². The van der Waals surface area contributed by atoms with E-state index in [9.17, 15) is 9.59 Å². The van der Waals surface area contributed by atoms with Gasteiger partial charge < -0.3 is 0 Å². The molecule has 0 bridgehead atoms. The van der Waals surface area contributed by atoms with Crippen molar-refractivity contribution in [1.29, 1.82) is 0 Å². The topological polar surface area (TPSA) is 78.1 Å². The molecule has 0 amide bonds.